The Labute approximate surface area is 429 Å². The molecule has 75 heavy (non-hydrogen) atoms. The minimum Gasteiger partial charge on any atom is -0.508 e. The van der Waals surface area contributed by atoms with Crippen LogP contribution in [-0.4, -0.2) is 78.7 Å². The van der Waals surface area contributed by atoms with Gasteiger partial charge >= 0.3 is 30.7 Å². The van der Waals surface area contributed by atoms with Crippen LogP contribution in [0, 0.1) is 27.7 Å². The van der Waals surface area contributed by atoms with Crippen molar-refractivity contribution in [2.24, 2.45) is 0 Å². The number of alkyl halides is 12. The van der Waals surface area contributed by atoms with Crippen LogP contribution in [0.3, 0.4) is 0 Å². The summed E-state index contributed by atoms with van der Waals surface area (Å²) in [5.74, 6) is 0.598. The van der Waals surface area contributed by atoms with E-state index in [1.54, 1.807) is 51.1 Å². The summed E-state index contributed by atoms with van der Waals surface area (Å²) >= 11 is 0. The van der Waals surface area contributed by atoms with E-state index >= 15 is 0 Å². The summed E-state index contributed by atoms with van der Waals surface area (Å²) in [6.07, 6.45) is -17.8. The molecule has 7 nitrogen and oxygen atoms in total. The van der Waals surface area contributed by atoms with Crippen LogP contribution in [0.4, 0.5) is 52.7 Å². The van der Waals surface area contributed by atoms with Crippen molar-refractivity contribution in [3.05, 3.63) is 141 Å². The number of rotatable bonds is 18. The number of carbonyl (C=O) groups excluding carboxylic acids is 1. The molecule has 4 aromatic carbocycles. The van der Waals surface area contributed by atoms with Crippen LogP contribution in [-0.2, 0) is 29.8 Å². The summed E-state index contributed by atoms with van der Waals surface area (Å²) in [6, 6.07) is 21.0. The number of carbonyl (C=O) groups is 1. The maximum Gasteiger partial charge on any atom is 0.430 e. The summed E-state index contributed by atoms with van der Waals surface area (Å²) in [5.41, 5.74) is -3.86. The lowest BCUT2D eigenvalue weighted by Gasteiger charge is -2.35. The first-order valence-electron chi connectivity index (χ1n) is 24.2. The van der Waals surface area contributed by atoms with Crippen molar-refractivity contribution in [3.63, 3.8) is 0 Å². The van der Waals surface area contributed by atoms with Gasteiger partial charge in [0.1, 0.15) is 31.0 Å². The Kier molecular flexibility index (Phi) is 20.0. The van der Waals surface area contributed by atoms with Crippen LogP contribution in [0.2, 0.25) is 0 Å². The van der Waals surface area contributed by atoms with Gasteiger partial charge < -0.3 is 29.2 Å². The van der Waals surface area contributed by atoms with Crippen molar-refractivity contribution >= 4 is 18.1 Å². The van der Waals surface area contributed by atoms with E-state index in [0.717, 1.165) is 53.8 Å². The molecule has 19 heteroatoms. The Balaban J connectivity index is 0.000000328. The maximum absolute atomic E-state index is 13.6. The number of benzene rings is 4. The topological polar surface area (TPSA) is 94.5 Å². The van der Waals surface area contributed by atoms with Crippen molar-refractivity contribution < 1.29 is 86.6 Å². The number of cyclic esters (lactones) is 1. The molecule has 0 bridgehead atoms. The Morgan fingerprint density at radius 2 is 1.03 bits per heavy atom. The molecule has 0 aliphatic carbocycles. The highest BCUT2D eigenvalue weighted by molar-refractivity contribution is 5.70. The lowest BCUT2D eigenvalue weighted by molar-refractivity contribution is -0.372. The number of hydrogen-bond donors (Lipinski definition) is 2. The van der Waals surface area contributed by atoms with Gasteiger partial charge in [-0.05, 0) is 146 Å². The zero-order valence-corrected chi connectivity index (χ0v) is 43.2. The van der Waals surface area contributed by atoms with Crippen LogP contribution in [0.5, 0.6) is 11.5 Å². The Morgan fingerprint density at radius 3 is 1.41 bits per heavy atom. The van der Waals surface area contributed by atoms with Gasteiger partial charge in [-0.25, -0.2) is 0 Å². The molecule has 1 fully saturated rings. The average Bonchev–Trinajstić information content (AvgIpc) is 3.32. The Bertz CT molecular complexity index is 2590. The molecule has 1 atom stereocenters. The Morgan fingerprint density at radius 1 is 0.600 bits per heavy atom. The van der Waals surface area contributed by atoms with E-state index in [4.69, 9.17) is 9.47 Å². The minimum absolute atomic E-state index is 0.00967. The number of hydrogen-bond acceptors (Lipinski definition) is 7. The number of phenols is 1. The fourth-order valence-corrected chi connectivity index (χ4v) is 9.41. The molecule has 0 spiro atoms. The third-order valence-corrected chi connectivity index (χ3v) is 14.3. The van der Waals surface area contributed by atoms with Gasteiger partial charge in [-0.3, -0.25) is 4.79 Å². The molecule has 1 saturated heterocycles. The van der Waals surface area contributed by atoms with Crippen LogP contribution in [0.25, 0.3) is 12.2 Å². The highest BCUT2D eigenvalue weighted by Gasteiger charge is 2.71. The van der Waals surface area contributed by atoms with E-state index in [-0.39, 0.29) is 47.7 Å². The first-order valence-corrected chi connectivity index (χ1v) is 24.2. The third-order valence-electron chi connectivity index (χ3n) is 14.3. The average molecular weight is 1080 g/mol. The molecule has 2 N–H and O–H groups in total. The number of phenolic OH excluding ortho intramolecular Hbond substituents is 1. The largest absolute Gasteiger partial charge is 0.508 e. The van der Waals surface area contributed by atoms with E-state index < -0.39 is 53.5 Å². The van der Waals surface area contributed by atoms with Crippen LogP contribution in [0.1, 0.15) is 128 Å². The quantitative estimate of drug-likeness (QED) is 0.0582. The van der Waals surface area contributed by atoms with Gasteiger partial charge in [0, 0.05) is 24.4 Å². The van der Waals surface area contributed by atoms with E-state index in [9.17, 15) is 67.7 Å². The number of halogens is 12. The first-order chi connectivity index (χ1) is 34.8. The molecule has 1 aliphatic heterocycles. The molecule has 0 saturated carbocycles. The summed E-state index contributed by atoms with van der Waals surface area (Å²) < 4.78 is 180. The van der Waals surface area contributed by atoms with Crippen molar-refractivity contribution in [1.82, 2.24) is 0 Å². The van der Waals surface area contributed by atoms with Gasteiger partial charge in [0.15, 0.2) is 0 Å². The van der Waals surface area contributed by atoms with Crippen LogP contribution in [0.15, 0.2) is 84.9 Å². The zero-order valence-electron chi connectivity index (χ0n) is 43.2. The molecule has 414 valence electrons. The summed E-state index contributed by atoms with van der Waals surface area (Å²) in [4.78, 5) is 11.5. The van der Waals surface area contributed by atoms with Crippen molar-refractivity contribution in [1.29, 1.82) is 0 Å². The molecule has 4 aromatic rings. The monoisotopic (exact) mass is 1080 g/mol. The minimum atomic E-state index is -5.93. The second-order valence-corrected chi connectivity index (χ2v) is 18.7. The van der Waals surface area contributed by atoms with Crippen molar-refractivity contribution in [2.45, 2.75) is 153 Å². The van der Waals surface area contributed by atoms with Gasteiger partial charge in [-0.2, -0.15) is 52.7 Å². The molecule has 0 unspecified atom stereocenters. The van der Waals surface area contributed by atoms with Gasteiger partial charge in [0.2, 0.25) is 0 Å². The molecular formula is C56H64F12O7. The third kappa shape index (κ3) is 13.4. The van der Waals surface area contributed by atoms with Crippen molar-refractivity contribution in [3.8, 4) is 11.5 Å². The predicted octanol–water partition coefficient (Wildman–Crippen LogP) is 15.4. The summed E-state index contributed by atoms with van der Waals surface area (Å²) in [6.45, 7) is 14.0. The molecular weight excluding hydrogens is 1010 g/mol. The smallest absolute Gasteiger partial charge is 0.430 e. The second kappa shape index (κ2) is 24.2. The fraction of sp³-hybridized carbons (Fsp3) is 0.482. The van der Waals surface area contributed by atoms with Gasteiger partial charge in [-0.15, -0.1) is 0 Å². The van der Waals surface area contributed by atoms with Crippen LogP contribution < -0.4 is 4.74 Å². The lowest BCUT2D eigenvalue weighted by atomic mass is 9.70. The number of aromatic hydroxyl groups is 1. The number of aliphatic hydroxyl groups is 1. The highest BCUT2D eigenvalue weighted by Crippen LogP contribution is 2.49. The summed E-state index contributed by atoms with van der Waals surface area (Å²) in [5, 5.41) is 19.4. The highest BCUT2D eigenvalue weighted by atomic mass is 19.4. The van der Waals surface area contributed by atoms with E-state index in [0.29, 0.717) is 60.6 Å². The maximum atomic E-state index is 13.6. The zero-order chi connectivity index (χ0) is 56.6. The number of ether oxygens (including phenoxy) is 4. The van der Waals surface area contributed by atoms with Crippen LogP contribution >= 0.6 is 0 Å². The van der Waals surface area contributed by atoms with E-state index in [1.165, 1.54) is 12.1 Å². The molecule has 1 aliphatic rings. The standard InChI is InChI=1S/C30H34F6O4.C26H30F6O3/c1-5-27(6-2,23-12-13-25(20(4)17-23)39-18-24-8-7-9-26(37)40-24)22-11-10-21(19(3)16-22)14-15-28(38,29(31,32)33)30(34,35)36;1-6-23(7-2,21-10-11-22(33)18(4)15-21)20-9-8-19(17(3)14-20)12-13-24(25(27,28)29,26(30,31)32)35-16-34-5/h10-17,24,38H,5-9,18H2,1-4H3;8-15,33H,6-7,16H2,1-5H3/b15-14+;13-12+/t24-;/m0./s1. The Hall–Kier alpha value is -5.53. The van der Waals surface area contributed by atoms with Gasteiger partial charge in [0.05, 0.1) is 0 Å². The molecule has 0 aromatic heterocycles. The number of methoxy groups -OCH3 is 1. The van der Waals surface area contributed by atoms with Crippen molar-refractivity contribution in [2.75, 3.05) is 20.5 Å². The molecule has 0 radical (unpaired) electrons. The predicted molar refractivity (Wildman–Crippen MR) is 261 cm³/mol. The SMILES string of the molecule is CCC(CC)(c1ccc(/C=C/C(O)(C(F)(F)F)C(F)(F)F)c(C)c1)c1ccc(OC[C@@H]2CCCC(=O)O2)c(C)c1.CCC(CC)(c1ccc(O)c(C)c1)c1ccc(/C=C/C(OCOC)(C(F)(F)F)C(F)(F)F)c(C)c1. The first kappa shape index (κ1) is 62.0. The molecule has 5 rings (SSSR count). The number of esters is 1. The van der Waals surface area contributed by atoms with Gasteiger partial charge in [-0.1, -0.05) is 101 Å². The molecule has 0 amide bonds. The fourth-order valence-electron chi connectivity index (χ4n) is 9.41. The van der Waals surface area contributed by atoms with Gasteiger partial charge in [0.25, 0.3) is 11.2 Å². The summed E-state index contributed by atoms with van der Waals surface area (Å²) in [7, 11) is 0.938. The lowest BCUT2D eigenvalue weighted by Crippen LogP contribution is -2.57. The van der Waals surface area contributed by atoms with E-state index in [1.807, 2.05) is 65.0 Å². The molecule has 1 heterocycles. The normalized spacial score (nSPS) is 15.5. The second-order valence-electron chi connectivity index (χ2n) is 18.7. The van der Waals surface area contributed by atoms with E-state index in [2.05, 4.69) is 9.47 Å². The number of aryl methyl sites for hydroxylation is 4.